The standard InChI is InChI=1S/C16H16BrN3S/c1-11-5-3-6-12(2)15(11)19-16(21)20-18-10-13-7-4-8-14(17)9-13/h3-10H,1-2H3,(H2,19,20,21). The van der Waals surface area contributed by atoms with Crippen molar-refractivity contribution in [1.82, 2.24) is 5.43 Å². The van der Waals surface area contributed by atoms with Gasteiger partial charge < -0.3 is 5.32 Å². The molecule has 2 aromatic carbocycles. The zero-order chi connectivity index (χ0) is 15.2. The third-order valence-electron chi connectivity index (χ3n) is 2.95. The minimum atomic E-state index is 0.471. The molecule has 2 aromatic rings. The van der Waals surface area contributed by atoms with E-state index in [1.54, 1.807) is 6.21 Å². The summed E-state index contributed by atoms with van der Waals surface area (Å²) in [6, 6.07) is 14.0. The van der Waals surface area contributed by atoms with Crippen molar-refractivity contribution in [3.05, 3.63) is 63.6 Å². The number of thiocarbonyl (C=S) groups is 1. The summed E-state index contributed by atoms with van der Waals surface area (Å²) in [5.41, 5.74) is 7.14. The quantitative estimate of drug-likeness (QED) is 0.483. The fourth-order valence-electron chi connectivity index (χ4n) is 1.91. The first-order valence-electron chi connectivity index (χ1n) is 6.48. The van der Waals surface area contributed by atoms with Crippen LogP contribution in [0.15, 0.2) is 52.0 Å². The summed E-state index contributed by atoms with van der Waals surface area (Å²) in [6.45, 7) is 4.09. The fourth-order valence-corrected chi connectivity index (χ4v) is 2.48. The summed E-state index contributed by atoms with van der Waals surface area (Å²) in [5, 5.41) is 7.78. The molecular formula is C16H16BrN3S. The van der Waals surface area contributed by atoms with Crippen molar-refractivity contribution in [2.75, 3.05) is 5.32 Å². The van der Waals surface area contributed by atoms with Crippen molar-refractivity contribution in [3.8, 4) is 0 Å². The highest BCUT2D eigenvalue weighted by Crippen LogP contribution is 2.19. The second-order valence-electron chi connectivity index (χ2n) is 4.65. The van der Waals surface area contributed by atoms with E-state index in [1.807, 2.05) is 56.3 Å². The molecule has 0 unspecified atom stereocenters. The number of benzene rings is 2. The number of aryl methyl sites for hydroxylation is 2. The first-order valence-corrected chi connectivity index (χ1v) is 7.68. The highest BCUT2D eigenvalue weighted by Gasteiger charge is 2.03. The molecule has 0 heterocycles. The number of hydrogen-bond acceptors (Lipinski definition) is 2. The van der Waals surface area contributed by atoms with Crippen LogP contribution in [0.1, 0.15) is 16.7 Å². The predicted molar refractivity (Wildman–Crippen MR) is 97.0 cm³/mol. The van der Waals surface area contributed by atoms with E-state index >= 15 is 0 Å². The summed E-state index contributed by atoms with van der Waals surface area (Å²) in [6.07, 6.45) is 1.73. The second-order valence-corrected chi connectivity index (χ2v) is 5.97. The lowest BCUT2D eigenvalue weighted by molar-refractivity contribution is 1.05. The summed E-state index contributed by atoms with van der Waals surface area (Å²) < 4.78 is 1.02. The van der Waals surface area contributed by atoms with Crippen LogP contribution in [0.5, 0.6) is 0 Å². The molecule has 0 bridgehead atoms. The van der Waals surface area contributed by atoms with Crippen LogP contribution >= 0.6 is 28.1 Å². The Morgan fingerprint density at radius 1 is 1.14 bits per heavy atom. The molecule has 5 heteroatoms. The number of rotatable bonds is 3. The number of nitrogens with zero attached hydrogens (tertiary/aromatic N) is 1. The van der Waals surface area contributed by atoms with Gasteiger partial charge in [-0.15, -0.1) is 0 Å². The van der Waals surface area contributed by atoms with Crippen molar-refractivity contribution >= 4 is 45.2 Å². The highest BCUT2D eigenvalue weighted by molar-refractivity contribution is 9.10. The minimum Gasteiger partial charge on any atom is -0.331 e. The summed E-state index contributed by atoms with van der Waals surface area (Å²) >= 11 is 8.67. The van der Waals surface area contributed by atoms with E-state index < -0.39 is 0 Å². The van der Waals surface area contributed by atoms with Gasteiger partial charge in [-0.05, 0) is 54.9 Å². The predicted octanol–water partition coefficient (Wildman–Crippen LogP) is 4.39. The number of anilines is 1. The third kappa shape index (κ3) is 4.65. The van der Waals surface area contributed by atoms with Crippen molar-refractivity contribution in [2.24, 2.45) is 5.10 Å². The average Bonchev–Trinajstić information content (AvgIpc) is 2.43. The molecule has 0 spiro atoms. The minimum absolute atomic E-state index is 0.471. The van der Waals surface area contributed by atoms with Crippen LogP contribution in [-0.2, 0) is 0 Å². The molecule has 0 radical (unpaired) electrons. The van der Waals surface area contributed by atoms with E-state index in [0.717, 1.165) is 26.9 Å². The lowest BCUT2D eigenvalue weighted by Crippen LogP contribution is -2.24. The van der Waals surface area contributed by atoms with E-state index in [9.17, 15) is 0 Å². The van der Waals surface area contributed by atoms with E-state index in [0.29, 0.717) is 5.11 Å². The van der Waals surface area contributed by atoms with E-state index in [2.05, 4.69) is 31.8 Å². The Morgan fingerprint density at radius 2 is 1.81 bits per heavy atom. The molecule has 2 rings (SSSR count). The molecule has 21 heavy (non-hydrogen) atoms. The molecular weight excluding hydrogens is 346 g/mol. The molecule has 2 N–H and O–H groups in total. The largest absolute Gasteiger partial charge is 0.331 e. The van der Waals surface area contributed by atoms with Gasteiger partial charge in [-0.3, -0.25) is 5.43 Å². The maximum absolute atomic E-state index is 5.25. The molecule has 0 aliphatic heterocycles. The fraction of sp³-hybridized carbons (Fsp3) is 0.125. The monoisotopic (exact) mass is 361 g/mol. The van der Waals surface area contributed by atoms with Gasteiger partial charge in [-0.25, -0.2) is 0 Å². The van der Waals surface area contributed by atoms with Gasteiger partial charge in [0.2, 0.25) is 0 Å². The highest BCUT2D eigenvalue weighted by atomic mass is 79.9. The summed E-state index contributed by atoms with van der Waals surface area (Å²) in [4.78, 5) is 0. The van der Waals surface area contributed by atoms with Crippen LogP contribution in [0.3, 0.4) is 0 Å². The molecule has 3 nitrogen and oxygen atoms in total. The Hall–Kier alpha value is -1.72. The van der Waals surface area contributed by atoms with Crippen LogP contribution in [0.4, 0.5) is 5.69 Å². The Morgan fingerprint density at radius 3 is 2.48 bits per heavy atom. The number of hydrazone groups is 1. The topological polar surface area (TPSA) is 36.4 Å². The lowest BCUT2D eigenvalue weighted by atomic mass is 10.1. The Labute approximate surface area is 138 Å². The molecule has 108 valence electrons. The maximum atomic E-state index is 5.25. The normalized spacial score (nSPS) is 10.6. The Kier molecular flexibility index (Phi) is 5.47. The van der Waals surface area contributed by atoms with Crippen molar-refractivity contribution in [3.63, 3.8) is 0 Å². The van der Waals surface area contributed by atoms with Gasteiger partial charge in [0, 0.05) is 10.2 Å². The molecule has 0 aromatic heterocycles. The van der Waals surface area contributed by atoms with Crippen molar-refractivity contribution in [1.29, 1.82) is 0 Å². The molecule has 0 aliphatic rings. The first-order chi connectivity index (χ1) is 10.1. The molecule has 0 fully saturated rings. The number of para-hydroxylation sites is 1. The maximum Gasteiger partial charge on any atom is 0.191 e. The van der Waals surface area contributed by atoms with Gasteiger partial charge >= 0.3 is 0 Å². The number of nitrogens with one attached hydrogen (secondary N) is 2. The zero-order valence-corrected chi connectivity index (χ0v) is 14.3. The smallest absolute Gasteiger partial charge is 0.191 e. The van der Waals surface area contributed by atoms with Crippen molar-refractivity contribution < 1.29 is 0 Å². The molecule has 0 amide bonds. The van der Waals surface area contributed by atoms with Crippen molar-refractivity contribution in [2.45, 2.75) is 13.8 Å². The van der Waals surface area contributed by atoms with Gasteiger partial charge in [0.05, 0.1) is 6.21 Å². The lowest BCUT2D eigenvalue weighted by Gasteiger charge is -2.12. The van der Waals surface area contributed by atoms with Gasteiger partial charge in [0.15, 0.2) is 5.11 Å². The SMILES string of the molecule is Cc1cccc(C)c1NC(=S)NN=Cc1cccc(Br)c1. The zero-order valence-electron chi connectivity index (χ0n) is 11.9. The Balaban J connectivity index is 1.96. The molecule has 0 aliphatic carbocycles. The van der Waals surface area contributed by atoms with Crippen LogP contribution in [0, 0.1) is 13.8 Å². The van der Waals surface area contributed by atoms with Gasteiger partial charge in [-0.1, -0.05) is 46.3 Å². The van der Waals surface area contributed by atoms with Gasteiger partial charge in [0.25, 0.3) is 0 Å². The molecule has 0 saturated heterocycles. The Bertz CT molecular complexity index is 663. The summed E-state index contributed by atoms with van der Waals surface area (Å²) in [5.74, 6) is 0. The average molecular weight is 362 g/mol. The third-order valence-corrected chi connectivity index (χ3v) is 3.63. The van der Waals surface area contributed by atoms with Crippen LogP contribution in [-0.4, -0.2) is 11.3 Å². The van der Waals surface area contributed by atoms with E-state index in [4.69, 9.17) is 12.2 Å². The molecule has 0 saturated carbocycles. The summed E-state index contributed by atoms with van der Waals surface area (Å²) in [7, 11) is 0. The van der Waals surface area contributed by atoms with E-state index in [1.165, 1.54) is 0 Å². The van der Waals surface area contributed by atoms with E-state index in [-0.39, 0.29) is 0 Å². The first kappa shape index (κ1) is 15.7. The number of halogens is 1. The van der Waals surface area contributed by atoms with Gasteiger partial charge in [0.1, 0.15) is 0 Å². The van der Waals surface area contributed by atoms with Gasteiger partial charge in [-0.2, -0.15) is 5.10 Å². The van der Waals surface area contributed by atoms with Crippen LogP contribution in [0.25, 0.3) is 0 Å². The van der Waals surface area contributed by atoms with Crippen LogP contribution in [0.2, 0.25) is 0 Å². The second kappa shape index (κ2) is 7.33. The number of hydrogen-bond donors (Lipinski definition) is 2. The van der Waals surface area contributed by atoms with Crippen LogP contribution < -0.4 is 10.7 Å². The molecule has 0 atom stereocenters.